The average Bonchev–Trinajstić information content (AvgIpc) is 2.95. The number of sulfonamides is 1. The largest absolute Gasteiger partial charge is 0.363 e. The third kappa shape index (κ3) is 2.00. The van der Waals surface area contributed by atoms with Crippen LogP contribution < -0.4 is 5.73 Å². The molecular formula is C10H17N3O2S. The summed E-state index contributed by atoms with van der Waals surface area (Å²) in [6, 6.07) is 1.81. The molecule has 1 aliphatic rings. The number of nitrogens with two attached hydrogens (primary N) is 1. The number of hydrogen-bond donors (Lipinski definition) is 2. The molecule has 3 N–H and O–H groups in total. The molecule has 0 radical (unpaired) electrons. The van der Waals surface area contributed by atoms with Crippen molar-refractivity contribution in [1.29, 1.82) is 0 Å². The second kappa shape index (κ2) is 4.20. The number of nitrogens with one attached hydrogen (secondary N) is 1. The summed E-state index contributed by atoms with van der Waals surface area (Å²) in [6.07, 6.45) is 3.46. The highest BCUT2D eigenvalue weighted by Crippen LogP contribution is 2.31. The fourth-order valence-corrected chi connectivity index (χ4v) is 3.52. The van der Waals surface area contributed by atoms with E-state index in [0.717, 1.165) is 18.5 Å². The zero-order chi connectivity index (χ0) is 11.8. The van der Waals surface area contributed by atoms with Crippen molar-refractivity contribution in [3.8, 4) is 0 Å². The smallest absolute Gasteiger partial charge is 0.244 e. The molecule has 90 valence electrons. The van der Waals surface area contributed by atoms with Crippen LogP contribution in [0.3, 0.4) is 0 Å². The Morgan fingerprint density at radius 3 is 2.69 bits per heavy atom. The summed E-state index contributed by atoms with van der Waals surface area (Å²) in [6.45, 7) is 2.72. The lowest BCUT2D eigenvalue weighted by molar-refractivity contribution is 0.421. The van der Waals surface area contributed by atoms with Crippen LogP contribution in [0.2, 0.25) is 0 Å². The van der Waals surface area contributed by atoms with Gasteiger partial charge in [0.1, 0.15) is 0 Å². The Morgan fingerprint density at radius 1 is 1.56 bits per heavy atom. The second-order valence-electron chi connectivity index (χ2n) is 4.00. The molecule has 1 fully saturated rings. The Balaban J connectivity index is 2.29. The van der Waals surface area contributed by atoms with Gasteiger partial charge < -0.3 is 10.7 Å². The lowest BCUT2D eigenvalue weighted by atomic mass is 10.4. The molecule has 5 nitrogen and oxygen atoms in total. The first-order valence-electron chi connectivity index (χ1n) is 5.48. The zero-order valence-corrected chi connectivity index (χ0v) is 10.1. The van der Waals surface area contributed by atoms with Crippen LogP contribution in [-0.4, -0.2) is 30.3 Å². The van der Waals surface area contributed by atoms with Crippen LogP contribution in [0.5, 0.6) is 0 Å². The quantitative estimate of drug-likeness (QED) is 0.796. The summed E-state index contributed by atoms with van der Waals surface area (Å²) in [7, 11) is -3.33. The highest BCUT2D eigenvalue weighted by molar-refractivity contribution is 7.89. The van der Waals surface area contributed by atoms with Crippen LogP contribution >= 0.6 is 0 Å². The average molecular weight is 243 g/mol. The van der Waals surface area contributed by atoms with Crippen LogP contribution in [0.25, 0.3) is 0 Å². The summed E-state index contributed by atoms with van der Waals surface area (Å²) in [5.74, 6) is 0. The molecule has 0 aliphatic heterocycles. The van der Waals surface area contributed by atoms with Gasteiger partial charge in [0.15, 0.2) is 0 Å². The molecule has 1 aliphatic carbocycles. The van der Waals surface area contributed by atoms with E-state index in [1.165, 1.54) is 6.20 Å². The van der Waals surface area contributed by atoms with Gasteiger partial charge in [-0.3, -0.25) is 0 Å². The molecule has 0 unspecified atom stereocenters. The molecule has 16 heavy (non-hydrogen) atoms. The molecule has 0 spiro atoms. The Bertz CT molecular complexity index is 462. The molecule has 1 aromatic heterocycles. The van der Waals surface area contributed by atoms with E-state index >= 15 is 0 Å². The van der Waals surface area contributed by atoms with Gasteiger partial charge in [0.2, 0.25) is 10.0 Å². The van der Waals surface area contributed by atoms with Gasteiger partial charge in [-0.05, 0) is 18.9 Å². The van der Waals surface area contributed by atoms with Crippen molar-refractivity contribution in [2.45, 2.75) is 37.2 Å². The summed E-state index contributed by atoms with van der Waals surface area (Å²) in [5.41, 5.74) is 6.19. The SMILES string of the molecule is CCN(C1CC1)S(=O)(=O)c1c[nH]c(CN)c1. The van der Waals surface area contributed by atoms with Crippen LogP contribution in [0, 0.1) is 0 Å². The number of H-pyrrole nitrogens is 1. The maximum Gasteiger partial charge on any atom is 0.244 e. The van der Waals surface area contributed by atoms with Gasteiger partial charge in [0.25, 0.3) is 0 Å². The maximum atomic E-state index is 12.2. The van der Waals surface area contributed by atoms with Crippen LogP contribution in [0.1, 0.15) is 25.5 Å². The molecule has 6 heteroatoms. The predicted molar refractivity (Wildman–Crippen MR) is 61.3 cm³/mol. The summed E-state index contributed by atoms with van der Waals surface area (Å²) in [4.78, 5) is 3.19. The van der Waals surface area contributed by atoms with Gasteiger partial charge >= 0.3 is 0 Å². The highest BCUT2D eigenvalue weighted by Gasteiger charge is 2.37. The molecule has 0 bridgehead atoms. The lowest BCUT2D eigenvalue weighted by Crippen LogP contribution is -2.32. The van der Waals surface area contributed by atoms with Crippen molar-refractivity contribution in [3.05, 3.63) is 18.0 Å². The molecule has 0 atom stereocenters. The minimum Gasteiger partial charge on any atom is -0.363 e. The Kier molecular flexibility index (Phi) is 3.05. The molecule has 1 aromatic rings. The molecule has 0 saturated heterocycles. The standard InChI is InChI=1S/C10H17N3O2S/c1-2-13(9-3-4-9)16(14,15)10-5-8(6-11)12-7-10/h5,7,9,12H,2-4,6,11H2,1H3. The second-order valence-corrected chi connectivity index (χ2v) is 5.89. The first-order chi connectivity index (χ1) is 7.59. The van der Waals surface area contributed by atoms with Crippen molar-refractivity contribution < 1.29 is 8.42 Å². The lowest BCUT2D eigenvalue weighted by Gasteiger charge is -2.18. The molecule has 1 saturated carbocycles. The topological polar surface area (TPSA) is 79.2 Å². The Labute approximate surface area is 95.7 Å². The molecule has 0 amide bonds. The molecule has 0 aromatic carbocycles. The summed E-state index contributed by atoms with van der Waals surface area (Å²) < 4.78 is 26.0. The van der Waals surface area contributed by atoms with E-state index in [-0.39, 0.29) is 6.04 Å². The van der Waals surface area contributed by atoms with Gasteiger partial charge in [-0.1, -0.05) is 6.92 Å². The van der Waals surface area contributed by atoms with Crippen molar-refractivity contribution in [2.24, 2.45) is 5.73 Å². The monoisotopic (exact) mass is 243 g/mol. The fraction of sp³-hybridized carbons (Fsp3) is 0.600. The molecule has 2 rings (SSSR count). The van der Waals surface area contributed by atoms with E-state index < -0.39 is 10.0 Å². The first kappa shape index (κ1) is 11.6. The fourth-order valence-electron chi connectivity index (χ4n) is 1.81. The van der Waals surface area contributed by atoms with E-state index in [4.69, 9.17) is 5.73 Å². The normalized spacial score (nSPS) is 16.9. The first-order valence-corrected chi connectivity index (χ1v) is 6.92. The van der Waals surface area contributed by atoms with Crippen LogP contribution in [0.15, 0.2) is 17.2 Å². The number of aromatic nitrogens is 1. The number of nitrogens with zero attached hydrogens (tertiary/aromatic N) is 1. The highest BCUT2D eigenvalue weighted by atomic mass is 32.2. The predicted octanol–water partition coefficient (Wildman–Crippen LogP) is 0.646. The number of hydrogen-bond acceptors (Lipinski definition) is 3. The van der Waals surface area contributed by atoms with E-state index in [0.29, 0.717) is 18.0 Å². The Hall–Kier alpha value is -0.850. The minimum atomic E-state index is -3.33. The maximum absolute atomic E-state index is 12.2. The van der Waals surface area contributed by atoms with Gasteiger partial charge in [-0.25, -0.2) is 8.42 Å². The minimum absolute atomic E-state index is 0.200. The van der Waals surface area contributed by atoms with E-state index in [9.17, 15) is 8.42 Å². The third-order valence-corrected chi connectivity index (χ3v) is 4.81. The van der Waals surface area contributed by atoms with Gasteiger partial charge in [0.05, 0.1) is 4.90 Å². The number of rotatable bonds is 5. The Morgan fingerprint density at radius 2 is 2.25 bits per heavy atom. The third-order valence-electron chi connectivity index (χ3n) is 2.81. The number of aromatic amines is 1. The van der Waals surface area contributed by atoms with Gasteiger partial charge in [-0.2, -0.15) is 4.31 Å². The van der Waals surface area contributed by atoms with Crippen molar-refractivity contribution in [2.75, 3.05) is 6.54 Å². The summed E-state index contributed by atoms with van der Waals surface area (Å²) in [5, 5.41) is 0. The van der Waals surface area contributed by atoms with Gasteiger partial charge in [-0.15, -0.1) is 0 Å². The zero-order valence-electron chi connectivity index (χ0n) is 9.31. The van der Waals surface area contributed by atoms with E-state index in [1.807, 2.05) is 6.92 Å². The van der Waals surface area contributed by atoms with Crippen molar-refractivity contribution in [1.82, 2.24) is 9.29 Å². The molecular weight excluding hydrogens is 226 g/mol. The van der Waals surface area contributed by atoms with Crippen LogP contribution in [0.4, 0.5) is 0 Å². The van der Waals surface area contributed by atoms with Crippen molar-refractivity contribution in [3.63, 3.8) is 0 Å². The summed E-state index contributed by atoms with van der Waals surface area (Å²) >= 11 is 0. The van der Waals surface area contributed by atoms with Crippen molar-refractivity contribution >= 4 is 10.0 Å². The van der Waals surface area contributed by atoms with Gasteiger partial charge in [0, 0.05) is 31.0 Å². The van der Waals surface area contributed by atoms with E-state index in [1.54, 1.807) is 10.4 Å². The van der Waals surface area contributed by atoms with E-state index in [2.05, 4.69) is 4.98 Å². The van der Waals surface area contributed by atoms with Crippen LogP contribution in [-0.2, 0) is 16.6 Å². The molecule has 1 heterocycles.